The number of hydrogen-bond donors (Lipinski definition) is 3. The molecule has 2 aromatic heterocycles. The highest BCUT2D eigenvalue weighted by Gasteiger charge is 2.43. The maximum absolute atomic E-state index is 8.45. The third kappa shape index (κ3) is 3.16. The minimum Gasteiger partial charge on any atom is -0.382 e. The number of nitrogens with one attached hydrogen (secondary N) is 1. The molecule has 0 amide bonds. The number of nitrogens with two attached hydrogens (primary N) is 2. The Balaban J connectivity index is 1.51. The molecule has 3 heterocycles. The Hall–Kier alpha value is -2.54. The lowest BCUT2D eigenvalue weighted by atomic mass is 9.74. The molecule has 1 spiro atoms. The van der Waals surface area contributed by atoms with Gasteiger partial charge in [-0.05, 0) is 50.2 Å². The fraction of sp³-hybridized carbons (Fsp3) is 0.500. The molecular formula is C20H27N7. The molecule has 0 radical (unpaired) electrons. The van der Waals surface area contributed by atoms with Gasteiger partial charge < -0.3 is 16.4 Å². The van der Waals surface area contributed by atoms with Crippen molar-refractivity contribution >= 4 is 17.3 Å². The molecule has 5 N–H and O–H groups in total. The third-order valence-corrected chi connectivity index (χ3v) is 6.36. The largest absolute Gasteiger partial charge is 0.382 e. The Labute approximate surface area is 159 Å². The average Bonchev–Trinajstić information content (AvgIpc) is 3.02. The van der Waals surface area contributed by atoms with Gasteiger partial charge in [-0.2, -0.15) is 0 Å². The number of pyridine rings is 1. The summed E-state index contributed by atoms with van der Waals surface area (Å²) in [4.78, 5) is 15.5. The second-order valence-electron chi connectivity index (χ2n) is 7.82. The Morgan fingerprint density at radius 1 is 1.26 bits per heavy atom. The summed E-state index contributed by atoms with van der Waals surface area (Å²) in [5.74, 6) is 1.08. The van der Waals surface area contributed by atoms with Crippen LogP contribution in [0.1, 0.15) is 49.1 Å². The van der Waals surface area contributed by atoms with E-state index in [1.807, 2.05) is 19.1 Å². The second-order valence-corrected chi connectivity index (χ2v) is 7.82. The van der Waals surface area contributed by atoms with Crippen molar-refractivity contribution in [3.63, 3.8) is 0 Å². The molecule has 2 aliphatic rings. The van der Waals surface area contributed by atoms with Crippen molar-refractivity contribution in [2.75, 3.05) is 23.7 Å². The van der Waals surface area contributed by atoms with Gasteiger partial charge in [-0.1, -0.05) is 6.42 Å². The molecule has 1 aliphatic carbocycles. The van der Waals surface area contributed by atoms with Crippen LogP contribution in [0.5, 0.6) is 0 Å². The molecule has 27 heavy (non-hydrogen) atoms. The van der Waals surface area contributed by atoms with Gasteiger partial charge in [0.05, 0.1) is 11.9 Å². The number of nitrogen functional groups attached to an aromatic ring is 1. The lowest BCUT2D eigenvalue weighted by Gasteiger charge is -2.42. The highest BCUT2D eigenvalue weighted by Crippen LogP contribution is 2.45. The van der Waals surface area contributed by atoms with E-state index in [-0.39, 0.29) is 5.71 Å². The zero-order valence-corrected chi connectivity index (χ0v) is 15.8. The molecule has 7 nitrogen and oxygen atoms in total. The van der Waals surface area contributed by atoms with Crippen molar-refractivity contribution in [1.29, 1.82) is 5.41 Å². The van der Waals surface area contributed by atoms with Crippen molar-refractivity contribution < 1.29 is 0 Å². The first-order valence-electron chi connectivity index (χ1n) is 9.64. The van der Waals surface area contributed by atoms with Gasteiger partial charge in [0.25, 0.3) is 0 Å². The number of piperidine rings is 1. The topological polar surface area (TPSA) is 118 Å². The zero-order chi connectivity index (χ0) is 19.0. The van der Waals surface area contributed by atoms with Gasteiger partial charge in [0.1, 0.15) is 11.5 Å². The van der Waals surface area contributed by atoms with Crippen molar-refractivity contribution in [1.82, 2.24) is 15.0 Å². The smallest absolute Gasteiger partial charge is 0.154 e. The van der Waals surface area contributed by atoms with Crippen molar-refractivity contribution in [3.05, 3.63) is 41.5 Å². The maximum atomic E-state index is 8.45. The van der Waals surface area contributed by atoms with Crippen LogP contribution < -0.4 is 16.4 Å². The molecule has 7 heteroatoms. The van der Waals surface area contributed by atoms with Gasteiger partial charge in [0.15, 0.2) is 5.82 Å². The molecule has 4 rings (SSSR count). The predicted octanol–water partition coefficient (Wildman–Crippen LogP) is 2.28. The van der Waals surface area contributed by atoms with Gasteiger partial charge in [0, 0.05) is 36.6 Å². The Morgan fingerprint density at radius 3 is 2.67 bits per heavy atom. The maximum Gasteiger partial charge on any atom is 0.154 e. The Kier molecular flexibility index (Phi) is 4.55. The Bertz CT molecular complexity index is 855. The van der Waals surface area contributed by atoms with E-state index in [0.717, 1.165) is 49.4 Å². The molecule has 1 saturated carbocycles. The highest BCUT2D eigenvalue weighted by molar-refractivity contribution is 6.12. The van der Waals surface area contributed by atoms with E-state index in [0.29, 0.717) is 23.0 Å². The number of aryl methyl sites for hydroxylation is 1. The molecule has 142 valence electrons. The third-order valence-electron chi connectivity index (χ3n) is 6.36. The van der Waals surface area contributed by atoms with Crippen LogP contribution in [-0.4, -0.2) is 39.8 Å². The molecular weight excluding hydrogens is 338 g/mol. The minimum atomic E-state index is 0.256. The van der Waals surface area contributed by atoms with Crippen LogP contribution in [0.15, 0.2) is 24.5 Å². The van der Waals surface area contributed by atoms with Gasteiger partial charge in [-0.3, -0.25) is 10.4 Å². The van der Waals surface area contributed by atoms with E-state index in [4.69, 9.17) is 16.9 Å². The number of hydrogen-bond acceptors (Lipinski definition) is 7. The summed E-state index contributed by atoms with van der Waals surface area (Å²) in [7, 11) is 0. The summed E-state index contributed by atoms with van der Waals surface area (Å²) in [5.41, 5.74) is 15.0. The molecule has 1 aliphatic heterocycles. The summed E-state index contributed by atoms with van der Waals surface area (Å²) in [6.45, 7) is 3.74. The summed E-state index contributed by atoms with van der Waals surface area (Å²) < 4.78 is 0. The van der Waals surface area contributed by atoms with Crippen LogP contribution >= 0.6 is 0 Å². The predicted molar refractivity (Wildman–Crippen MR) is 107 cm³/mol. The summed E-state index contributed by atoms with van der Waals surface area (Å²) >= 11 is 0. The number of aromatic nitrogens is 3. The van der Waals surface area contributed by atoms with Crippen LogP contribution in [-0.2, 0) is 0 Å². The molecule has 2 aromatic rings. The summed E-state index contributed by atoms with van der Waals surface area (Å²) in [5, 5.41) is 8.45. The average molecular weight is 365 g/mol. The van der Waals surface area contributed by atoms with Crippen molar-refractivity contribution in [3.8, 4) is 0 Å². The van der Waals surface area contributed by atoms with Crippen molar-refractivity contribution in [2.45, 2.75) is 45.1 Å². The molecule has 0 bridgehead atoms. The number of rotatable bonds is 3. The van der Waals surface area contributed by atoms with Crippen LogP contribution in [0.3, 0.4) is 0 Å². The zero-order valence-electron chi connectivity index (χ0n) is 15.8. The van der Waals surface area contributed by atoms with E-state index in [9.17, 15) is 0 Å². The van der Waals surface area contributed by atoms with Crippen LogP contribution in [0, 0.1) is 17.7 Å². The summed E-state index contributed by atoms with van der Waals surface area (Å²) in [6.07, 6.45) is 9.29. The molecule has 1 saturated heterocycles. The highest BCUT2D eigenvalue weighted by atomic mass is 15.2. The molecule has 1 atom stereocenters. The van der Waals surface area contributed by atoms with Crippen LogP contribution in [0.2, 0.25) is 0 Å². The second kappa shape index (κ2) is 6.88. The quantitative estimate of drug-likeness (QED) is 0.718. The van der Waals surface area contributed by atoms with E-state index >= 15 is 0 Å². The molecule has 2 fully saturated rings. The first-order chi connectivity index (χ1) is 13.0. The monoisotopic (exact) mass is 365 g/mol. The van der Waals surface area contributed by atoms with Crippen molar-refractivity contribution in [2.24, 2.45) is 11.1 Å². The van der Waals surface area contributed by atoms with E-state index < -0.39 is 0 Å². The minimum absolute atomic E-state index is 0.256. The fourth-order valence-electron chi connectivity index (χ4n) is 4.58. The molecule has 0 aromatic carbocycles. The lowest BCUT2D eigenvalue weighted by Crippen LogP contribution is -2.47. The fourth-order valence-corrected chi connectivity index (χ4v) is 4.58. The Morgan fingerprint density at radius 2 is 2.04 bits per heavy atom. The summed E-state index contributed by atoms with van der Waals surface area (Å²) in [6, 6.07) is 4.00. The van der Waals surface area contributed by atoms with E-state index in [2.05, 4.69) is 19.9 Å². The van der Waals surface area contributed by atoms with Crippen LogP contribution in [0.4, 0.5) is 11.6 Å². The number of nitrogens with zero attached hydrogens (tertiary/aromatic N) is 4. The number of anilines is 2. The van der Waals surface area contributed by atoms with E-state index in [1.165, 1.54) is 12.8 Å². The van der Waals surface area contributed by atoms with Gasteiger partial charge in [0.2, 0.25) is 0 Å². The van der Waals surface area contributed by atoms with Gasteiger partial charge in [-0.15, -0.1) is 0 Å². The standard InChI is InChI=1S/C20H27N7/c1-13-14(4-3-9-24-13)17(22)18-19(23)26-16(12-25-18)27-10-7-20(8-11-27)6-2-5-15(20)21/h3-4,9,12,15,22H,2,5-8,10-11,21H2,1H3,(H2,23,26)/t15-/m1/s1. The SMILES string of the molecule is Cc1ncccc1C(=N)c1ncc(N2CCC3(CCC[C@H]3N)CC2)nc1N. The lowest BCUT2D eigenvalue weighted by molar-refractivity contribution is 0.197. The van der Waals surface area contributed by atoms with Gasteiger partial charge in [-0.25, -0.2) is 9.97 Å². The van der Waals surface area contributed by atoms with Crippen LogP contribution in [0.25, 0.3) is 0 Å². The first-order valence-corrected chi connectivity index (χ1v) is 9.64. The van der Waals surface area contributed by atoms with E-state index in [1.54, 1.807) is 12.4 Å². The molecule has 0 unspecified atom stereocenters. The normalized spacial score (nSPS) is 21.6. The van der Waals surface area contributed by atoms with Gasteiger partial charge >= 0.3 is 0 Å². The first kappa shape index (κ1) is 17.9.